The fraction of sp³-hybridized carbons (Fsp3) is 0.158. The molecule has 4 rings (SSSR count). The van der Waals surface area contributed by atoms with Crippen LogP contribution in [0, 0.1) is 11.6 Å². The molecule has 29 heavy (non-hydrogen) atoms. The maximum Gasteiger partial charge on any atom is 0.296 e. The monoisotopic (exact) mass is 404 g/mol. The second-order valence-corrected chi connectivity index (χ2v) is 6.44. The lowest BCUT2D eigenvalue weighted by Crippen LogP contribution is -2.38. The molecule has 1 aliphatic heterocycles. The van der Waals surface area contributed by atoms with Gasteiger partial charge in [0.1, 0.15) is 17.3 Å². The molecular formula is C19H16F4N6. The summed E-state index contributed by atoms with van der Waals surface area (Å²) in [5.74, 6) is -7.05. The molecule has 3 aromatic rings. The Labute approximate surface area is 163 Å². The minimum Gasteiger partial charge on any atom is -0.285 e. The molecular weight excluding hydrogens is 388 g/mol. The molecule has 1 unspecified atom stereocenters. The van der Waals surface area contributed by atoms with Gasteiger partial charge in [0.15, 0.2) is 0 Å². The number of halogens is 4. The van der Waals surface area contributed by atoms with Crippen molar-refractivity contribution in [1.82, 2.24) is 26.0 Å². The van der Waals surface area contributed by atoms with Crippen LogP contribution in [0.5, 0.6) is 0 Å². The standard InChI is InChI=1S/C19H16F4N6/c20-12-1-3-15(17(21)9-12)16(10-13-5-6-25-28-13)19(22,23)18-4-2-14(11-24-18)29-26-7-8-27-29/h1-9,11,16,26-27H,10H2,(H,25,28). The smallest absolute Gasteiger partial charge is 0.285 e. The van der Waals surface area contributed by atoms with E-state index in [1.165, 1.54) is 35.7 Å². The highest BCUT2D eigenvalue weighted by atomic mass is 19.3. The summed E-state index contributed by atoms with van der Waals surface area (Å²) < 4.78 is 58.7. The van der Waals surface area contributed by atoms with Crippen molar-refractivity contribution < 1.29 is 17.6 Å². The number of hydrazine groups is 2. The van der Waals surface area contributed by atoms with Crippen LogP contribution in [0.25, 0.3) is 0 Å². The summed E-state index contributed by atoms with van der Waals surface area (Å²) in [7, 11) is 0. The molecule has 1 atom stereocenters. The highest BCUT2D eigenvalue weighted by Gasteiger charge is 2.45. The maximum absolute atomic E-state index is 15.5. The molecule has 0 fully saturated rings. The predicted octanol–water partition coefficient (Wildman–Crippen LogP) is 3.50. The van der Waals surface area contributed by atoms with Crippen LogP contribution in [0.3, 0.4) is 0 Å². The van der Waals surface area contributed by atoms with Crippen LogP contribution in [0.1, 0.15) is 22.9 Å². The Morgan fingerprint density at radius 2 is 1.83 bits per heavy atom. The van der Waals surface area contributed by atoms with Gasteiger partial charge < -0.3 is 0 Å². The third-order valence-corrected chi connectivity index (χ3v) is 4.59. The van der Waals surface area contributed by atoms with Gasteiger partial charge in [-0.2, -0.15) is 19.0 Å². The van der Waals surface area contributed by atoms with Crippen LogP contribution in [-0.2, 0) is 12.3 Å². The molecule has 6 nitrogen and oxygen atoms in total. The highest BCUT2D eigenvalue weighted by molar-refractivity contribution is 5.44. The number of aromatic nitrogens is 3. The summed E-state index contributed by atoms with van der Waals surface area (Å²) in [6.45, 7) is 0. The van der Waals surface area contributed by atoms with Crippen molar-refractivity contribution in [2.45, 2.75) is 18.3 Å². The molecule has 0 bridgehead atoms. The van der Waals surface area contributed by atoms with Crippen LogP contribution >= 0.6 is 0 Å². The molecule has 0 spiro atoms. The van der Waals surface area contributed by atoms with E-state index < -0.39 is 29.2 Å². The van der Waals surface area contributed by atoms with Crippen LogP contribution in [0.15, 0.2) is 61.2 Å². The van der Waals surface area contributed by atoms with Crippen LogP contribution in [0.4, 0.5) is 23.2 Å². The van der Waals surface area contributed by atoms with E-state index >= 15 is 8.78 Å². The van der Waals surface area contributed by atoms with E-state index in [1.807, 2.05) is 0 Å². The number of H-pyrrole nitrogens is 1. The number of anilines is 1. The Morgan fingerprint density at radius 3 is 2.45 bits per heavy atom. The molecule has 1 aromatic carbocycles. The normalized spacial score (nSPS) is 14.6. The molecule has 0 amide bonds. The van der Waals surface area contributed by atoms with Gasteiger partial charge in [0, 0.05) is 31.1 Å². The summed E-state index contributed by atoms with van der Waals surface area (Å²) in [5.41, 5.74) is 5.67. The van der Waals surface area contributed by atoms with Gasteiger partial charge in [0.05, 0.1) is 23.5 Å². The van der Waals surface area contributed by atoms with Crippen LogP contribution < -0.4 is 16.0 Å². The molecule has 0 saturated heterocycles. The lowest BCUT2D eigenvalue weighted by atomic mass is 9.86. The zero-order chi connectivity index (χ0) is 20.4. The third-order valence-electron chi connectivity index (χ3n) is 4.59. The molecule has 3 heterocycles. The van der Waals surface area contributed by atoms with Crippen molar-refractivity contribution in [1.29, 1.82) is 0 Å². The molecule has 150 valence electrons. The number of rotatable bonds is 6. The number of pyridine rings is 1. The highest BCUT2D eigenvalue weighted by Crippen LogP contribution is 2.44. The number of hydrogen-bond donors (Lipinski definition) is 3. The summed E-state index contributed by atoms with van der Waals surface area (Å²) in [6, 6.07) is 6.75. The van der Waals surface area contributed by atoms with Crippen LogP contribution in [-0.4, -0.2) is 15.2 Å². The van der Waals surface area contributed by atoms with Crippen LogP contribution in [0.2, 0.25) is 0 Å². The number of benzene rings is 1. The third kappa shape index (κ3) is 3.73. The molecule has 10 heteroatoms. The van der Waals surface area contributed by atoms with E-state index in [9.17, 15) is 8.78 Å². The first-order valence-corrected chi connectivity index (χ1v) is 8.70. The first-order chi connectivity index (χ1) is 13.9. The van der Waals surface area contributed by atoms with Crippen molar-refractivity contribution in [2.24, 2.45) is 0 Å². The van der Waals surface area contributed by atoms with E-state index in [0.29, 0.717) is 17.4 Å². The van der Waals surface area contributed by atoms with Gasteiger partial charge in [0.2, 0.25) is 0 Å². The summed E-state index contributed by atoms with van der Waals surface area (Å²) in [5, 5.41) is 7.93. The van der Waals surface area contributed by atoms with Gasteiger partial charge in [-0.05, 0) is 29.8 Å². The van der Waals surface area contributed by atoms with Crippen molar-refractivity contribution in [3.05, 3.63) is 89.8 Å². The summed E-state index contributed by atoms with van der Waals surface area (Å²) in [4.78, 5) is 3.89. The average molecular weight is 404 g/mol. The van der Waals surface area contributed by atoms with E-state index in [2.05, 4.69) is 26.0 Å². The number of alkyl halides is 2. The molecule has 2 aromatic heterocycles. The topological polar surface area (TPSA) is 68.9 Å². The van der Waals surface area contributed by atoms with E-state index in [1.54, 1.807) is 12.4 Å². The Kier molecular flexibility index (Phi) is 4.83. The van der Waals surface area contributed by atoms with Gasteiger partial charge in [-0.3, -0.25) is 20.9 Å². The fourth-order valence-corrected chi connectivity index (χ4v) is 3.14. The SMILES string of the molecule is Fc1ccc(C(Cc2cc[nH]n2)C(F)(F)c2ccc(N3NC=CN3)cn2)c(F)c1. The Balaban J connectivity index is 1.69. The Bertz CT molecular complexity index is 996. The lowest BCUT2D eigenvalue weighted by molar-refractivity contribution is -0.0396. The summed E-state index contributed by atoms with van der Waals surface area (Å²) in [6.07, 6.45) is 5.74. The predicted molar refractivity (Wildman–Crippen MR) is 97.4 cm³/mol. The summed E-state index contributed by atoms with van der Waals surface area (Å²) >= 11 is 0. The number of nitrogens with one attached hydrogen (secondary N) is 3. The largest absolute Gasteiger partial charge is 0.296 e. The number of hydrogen-bond acceptors (Lipinski definition) is 5. The number of aromatic amines is 1. The van der Waals surface area contributed by atoms with Gasteiger partial charge in [-0.1, -0.05) is 6.07 Å². The Hall–Kier alpha value is -3.56. The van der Waals surface area contributed by atoms with E-state index in [-0.39, 0.29) is 12.0 Å². The first kappa shape index (κ1) is 18.8. The fourth-order valence-electron chi connectivity index (χ4n) is 3.14. The number of nitrogens with zero attached hydrogens (tertiary/aromatic N) is 3. The van der Waals surface area contributed by atoms with Crippen molar-refractivity contribution in [2.75, 3.05) is 5.12 Å². The van der Waals surface area contributed by atoms with Gasteiger partial charge in [0.25, 0.3) is 5.92 Å². The lowest BCUT2D eigenvalue weighted by Gasteiger charge is -2.27. The van der Waals surface area contributed by atoms with Crippen molar-refractivity contribution in [3.8, 4) is 0 Å². The molecule has 1 aliphatic rings. The minimum absolute atomic E-state index is 0.262. The molecule has 0 aliphatic carbocycles. The second-order valence-electron chi connectivity index (χ2n) is 6.44. The average Bonchev–Trinajstić information content (AvgIpc) is 3.41. The van der Waals surface area contributed by atoms with E-state index in [4.69, 9.17) is 0 Å². The van der Waals surface area contributed by atoms with Gasteiger partial charge in [-0.25, -0.2) is 8.78 Å². The molecule has 0 saturated carbocycles. The van der Waals surface area contributed by atoms with Gasteiger partial charge in [-0.15, -0.1) is 0 Å². The second kappa shape index (κ2) is 7.46. The van der Waals surface area contributed by atoms with Gasteiger partial charge >= 0.3 is 0 Å². The Morgan fingerprint density at radius 1 is 1.03 bits per heavy atom. The van der Waals surface area contributed by atoms with Crippen molar-refractivity contribution >= 4 is 5.69 Å². The quantitative estimate of drug-likeness (QED) is 0.549. The zero-order valence-corrected chi connectivity index (χ0v) is 14.9. The first-order valence-electron chi connectivity index (χ1n) is 8.70. The molecule has 0 radical (unpaired) electrons. The zero-order valence-electron chi connectivity index (χ0n) is 14.9. The molecule has 3 N–H and O–H groups in total. The maximum atomic E-state index is 15.5. The van der Waals surface area contributed by atoms with E-state index in [0.717, 1.165) is 12.1 Å². The van der Waals surface area contributed by atoms with Crippen molar-refractivity contribution in [3.63, 3.8) is 0 Å². The minimum atomic E-state index is -3.54.